The summed E-state index contributed by atoms with van der Waals surface area (Å²) < 4.78 is 0. The third-order valence-electron chi connectivity index (χ3n) is 11.1. The summed E-state index contributed by atoms with van der Waals surface area (Å²) in [5, 5.41) is 5.13. The van der Waals surface area contributed by atoms with Crippen LogP contribution in [0.3, 0.4) is 0 Å². The molecular formula is C51H40. The Morgan fingerprint density at radius 2 is 1.06 bits per heavy atom. The van der Waals surface area contributed by atoms with Gasteiger partial charge in [-0.05, 0) is 138 Å². The molecule has 0 atom stereocenters. The van der Waals surface area contributed by atoms with Crippen LogP contribution in [0.15, 0.2) is 170 Å². The van der Waals surface area contributed by atoms with Crippen LogP contribution in [0.4, 0.5) is 0 Å². The number of allylic oxidation sites excluding steroid dienone is 1. The fourth-order valence-electron chi connectivity index (χ4n) is 8.74. The number of hydrogen-bond acceptors (Lipinski definition) is 0. The first-order chi connectivity index (χ1) is 25.1. The van der Waals surface area contributed by atoms with Crippen molar-refractivity contribution in [2.24, 2.45) is 0 Å². The molecule has 0 aromatic heterocycles. The standard InChI is InChI=1S/C51H40/c1-4-14-36-30-37(22-21-35(36)5-2)38-23-24-40-32-41(26-25-39(40)31-38)42-27-28-47-48(33-42)51(43-15-8-6-9-16-43,44-17-10-7-11-18-44)49-29-34(3)45-19-12-13-20-46(45)50(47)49/h4,6-33H,5H2,1-3H3/b14-4-. The summed E-state index contributed by atoms with van der Waals surface area (Å²) in [5.74, 6) is 0. The summed E-state index contributed by atoms with van der Waals surface area (Å²) in [4.78, 5) is 0. The second-order valence-corrected chi connectivity index (χ2v) is 13.9. The lowest BCUT2D eigenvalue weighted by Crippen LogP contribution is -2.28. The molecule has 1 aliphatic rings. The van der Waals surface area contributed by atoms with Crippen LogP contribution in [0.25, 0.3) is 61.0 Å². The van der Waals surface area contributed by atoms with Crippen molar-refractivity contribution in [3.8, 4) is 33.4 Å². The minimum Gasteiger partial charge on any atom is -0.0871 e. The normalized spacial score (nSPS) is 13.2. The Morgan fingerprint density at radius 1 is 0.510 bits per heavy atom. The van der Waals surface area contributed by atoms with Crippen molar-refractivity contribution in [1.29, 1.82) is 0 Å². The first kappa shape index (κ1) is 31.0. The van der Waals surface area contributed by atoms with Gasteiger partial charge in [0.15, 0.2) is 0 Å². The van der Waals surface area contributed by atoms with Gasteiger partial charge in [0.1, 0.15) is 0 Å². The van der Waals surface area contributed by atoms with Crippen LogP contribution in [0.5, 0.6) is 0 Å². The number of benzene rings is 8. The fraction of sp³-hybridized carbons (Fsp3) is 0.0980. The molecule has 0 amide bonds. The van der Waals surface area contributed by atoms with Crippen molar-refractivity contribution >= 4 is 27.6 Å². The third-order valence-corrected chi connectivity index (χ3v) is 11.1. The average molecular weight is 653 g/mol. The van der Waals surface area contributed by atoms with Gasteiger partial charge in [0.05, 0.1) is 5.41 Å². The monoisotopic (exact) mass is 652 g/mol. The van der Waals surface area contributed by atoms with Crippen molar-refractivity contribution in [3.05, 3.63) is 209 Å². The molecule has 9 rings (SSSR count). The summed E-state index contributed by atoms with van der Waals surface area (Å²) >= 11 is 0. The summed E-state index contributed by atoms with van der Waals surface area (Å²) in [7, 11) is 0. The van der Waals surface area contributed by atoms with Gasteiger partial charge in [-0.1, -0.05) is 159 Å². The lowest BCUT2D eigenvalue weighted by Gasteiger charge is -2.34. The minimum atomic E-state index is -0.455. The topological polar surface area (TPSA) is 0 Å². The van der Waals surface area contributed by atoms with Crippen molar-refractivity contribution in [2.45, 2.75) is 32.6 Å². The van der Waals surface area contributed by atoms with Crippen molar-refractivity contribution < 1.29 is 0 Å². The Bertz CT molecular complexity index is 2580. The molecular weight excluding hydrogens is 613 g/mol. The van der Waals surface area contributed by atoms with Crippen molar-refractivity contribution in [1.82, 2.24) is 0 Å². The molecule has 0 fully saturated rings. The maximum atomic E-state index is 2.48. The Morgan fingerprint density at radius 3 is 1.69 bits per heavy atom. The second-order valence-electron chi connectivity index (χ2n) is 13.9. The van der Waals surface area contributed by atoms with E-state index in [1.165, 1.54) is 93.9 Å². The maximum absolute atomic E-state index is 2.48. The zero-order chi connectivity index (χ0) is 34.5. The van der Waals surface area contributed by atoms with Gasteiger partial charge in [0.25, 0.3) is 0 Å². The van der Waals surface area contributed by atoms with E-state index in [-0.39, 0.29) is 0 Å². The van der Waals surface area contributed by atoms with Crippen LogP contribution >= 0.6 is 0 Å². The first-order valence-electron chi connectivity index (χ1n) is 18.2. The molecule has 0 nitrogen and oxygen atoms in total. The molecule has 0 saturated heterocycles. The van der Waals surface area contributed by atoms with Gasteiger partial charge >= 0.3 is 0 Å². The largest absolute Gasteiger partial charge is 0.0871 e. The Kier molecular flexibility index (Phi) is 7.55. The molecule has 8 aromatic carbocycles. The van der Waals surface area contributed by atoms with Crippen molar-refractivity contribution in [3.63, 3.8) is 0 Å². The number of fused-ring (bicyclic) bond motifs is 6. The van der Waals surface area contributed by atoms with Crippen molar-refractivity contribution in [2.75, 3.05) is 0 Å². The highest BCUT2D eigenvalue weighted by Gasteiger charge is 2.47. The number of hydrogen-bond donors (Lipinski definition) is 0. The molecule has 0 saturated carbocycles. The highest BCUT2D eigenvalue weighted by atomic mass is 14.5. The molecule has 0 bridgehead atoms. The van der Waals surface area contributed by atoms with E-state index >= 15 is 0 Å². The molecule has 244 valence electrons. The summed E-state index contributed by atoms with van der Waals surface area (Å²) in [5.41, 5.74) is 16.4. The van der Waals surface area contributed by atoms with Crippen LogP contribution in [-0.4, -0.2) is 0 Å². The molecule has 51 heavy (non-hydrogen) atoms. The highest BCUT2D eigenvalue weighted by Crippen LogP contribution is 2.58. The van der Waals surface area contributed by atoms with Gasteiger partial charge in [-0.25, -0.2) is 0 Å². The van der Waals surface area contributed by atoms with E-state index in [4.69, 9.17) is 0 Å². The molecule has 0 spiro atoms. The Balaban J connectivity index is 1.23. The molecule has 0 N–H and O–H groups in total. The van der Waals surface area contributed by atoms with E-state index < -0.39 is 5.41 Å². The minimum absolute atomic E-state index is 0.455. The second kappa shape index (κ2) is 12.4. The maximum Gasteiger partial charge on any atom is 0.0714 e. The van der Waals surface area contributed by atoms with Crippen LogP contribution in [0, 0.1) is 6.92 Å². The zero-order valence-corrected chi connectivity index (χ0v) is 29.5. The molecule has 0 radical (unpaired) electrons. The average Bonchev–Trinajstić information content (AvgIpc) is 3.48. The predicted molar refractivity (Wildman–Crippen MR) is 218 cm³/mol. The quantitative estimate of drug-likeness (QED) is 0.168. The molecule has 0 unspecified atom stereocenters. The van der Waals surface area contributed by atoms with E-state index in [9.17, 15) is 0 Å². The van der Waals surface area contributed by atoms with Crippen LogP contribution in [0.1, 0.15) is 52.8 Å². The molecule has 0 aliphatic heterocycles. The van der Waals surface area contributed by atoms with E-state index in [1.54, 1.807) is 0 Å². The lowest BCUT2D eigenvalue weighted by molar-refractivity contribution is 0.768. The van der Waals surface area contributed by atoms with Gasteiger partial charge in [0.2, 0.25) is 0 Å². The third kappa shape index (κ3) is 4.89. The van der Waals surface area contributed by atoms with E-state index in [0.29, 0.717) is 0 Å². The van der Waals surface area contributed by atoms with Gasteiger partial charge < -0.3 is 0 Å². The van der Waals surface area contributed by atoms with E-state index in [1.807, 2.05) is 0 Å². The van der Waals surface area contributed by atoms with Crippen LogP contribution in [-0.2, 0) is 11.8 Å². The molecule has 0 heterocycles. The highest BCUT2D eigenvalue weighted by molar-refractivity contribution is 6.06. The van der Waals surface area contributed by atoms with Gasteiger partial charge in [-0.3, -0.25) is 0 Å². The lowest BCUT2D eigenvalue weighted by atomic mass is 9.67. The molecule has 8 aromatic rings. The first-order valence-corrected chi connectivity index (χ1v) is 18.2. The SMILES string of the molecule is C/C=C\c1cc(-c2ccc3cc(-c4ccc5c(c4)C(c4ccccc4)(c4ccccc4)c4cc(C)c6ccccc6c4-5)ccc3c2)ccc1CC. The smallest absolute Gasteiger partial charge is 0.0714 e. The van der Waals surface area contributed by atoms with Gasteiger partial charge in [-0.15, -0.1) is 0 Å². The van der Waals surface area contributed by atoms with Crippen LogP contribution < -0.4 is 0 Å². The molecule has 0 heteroatoms. The molecule has 1 aliphatic carbocycles. The number of aryl methyl sites for hydroxylation is 2. The summed E-state index contributed by atoms with van der Waals surface area (Å²) in [6.07, 6.45) is 5.38. The Hall–Kier alpha value is -5.98. The van der Waals surface area contributed by atoms with Crippen LogP contribution in [0.2, 0.25) is 0 Å². The van der Waals surface area contributed by atoms with Gasteiger partial charge in [0, 0.05) is 0 Å². The van der Waals surface area contributed by atoms with E-state index in [0.717, 1.165) is 6.42 Å². The fourth-order valence-corrected chi connectivity index (χ4v) is 8.74. The summed E-state index contributed by atoms with van der Waals surface area (Å²) in [6.45, 7) is 6.58. The summed E-state index contributed by atoms with van der Waals surface area (Å²) in [6, 6.07) is 61.5. The number of rotatable bonds is 6. The Labute approximate surface area is 301 Å². The zero-order valence-electron chi connectivity index (χ0n) is 29.5. The van der Waals surface area contributed by atoms with Gasteiger partial charge in [-0.2, -0.15) is 0 Å². The predicted octanol–water partition coefficient (Wildman–Crippen LogP) is 13.6. The van der Waals surface area contributed by atoms with E-state index in [2.05, 4.69) is 197 Å².